The highest BCUT2D eigenvalue weighted by Crippen LogP contribution is 2.32. The molecule has 1 amide bonds. The standard InChI is InChI=1S/C11H10BrFN4O/c12-9-4-8(13)1-2-10(9)17-6-7(3-11(17)18)5-15-16-14/h1-2,4,7H,3,5-6H2. The van der Waals surface area contributed by atoms with Crippen molar-refractivity contribution in [2.75, 3.05) is 18.0 Å². The molecule has 1 aromatic rings. The van der Waals surface area contributed by atoms with Crippen LogP contribution in [-0.2, 0) is 4.79 Å². The molecule has 5 nitrogen and oxygen atoms in total. The Kier molecular flexibility index (Phi) is 3.84. The van der Waals surface area contributed by atoms with Gasteiger partial charge in [-0.05, 0) is 45.6 Å². The number of nitrogens with zero attached hydrogens (tertiary/aromatic N) is 4. The molecule has 1 aliphatic heterocycles. The molecule has 94 valence electrons. The Morgan fingerprint density at radius 1 is 1.61 bits per heavy atom. The lowest BCUT2D eigenvalue weighted by atomic mass is 10.1. The summed E-state index contributed by atoms with van der Waals surface area (Å²) in [5.74, 6) is -0.381. The number of benzene rings is 1. The zero-order valence-corrected chi connectivity index (χ0v) is 11.0. The molecule has 0 aliphatic carbocycles. The van der Waals surface area contributed by atoms with E-state index >= 15 is 0 Å². The van der Waals surface area contributed by atoms with E-state index in [-0.39, 0.29) is 17.6 Å². The molecule has 1 atom stereocenters. The number of carbonyl (C=O) groups is 1. The molecule has 18 heavy (non-hydrogen) atoms. The lowest BCUT2D eigenvalue weighted by Gasteiger charge is -2.18. The van der Waals surface area contributed by atoms with Crippen LogP contribution in [0.3, 0.4) is 0 Å². The first-order valence-corrected chi connectivity index (χ1v) is 6.17. The fourth-order valence-electron chi connectivity index (χ4n) is 1.99. The fourth-order valence-corrected chi connectivity index (χ4v) is 2.55. The van der Waals surface area contributed by atoms with Crippen LogP contribution in [0.2, 0.25) is 0 Å². The summed E-state index contributed by atoms with van der Waals surface area (Å²) in [4.78, 5) is 16.1. The van der Waals surface area contributed by atoms with Crippen LogP contribution in [0.1, 0.15) is 6.42 Å². The zero-order chi connectivity index (χ0) is 13.1. The molecular formula is C11H10BrFN4O. The lowest BCUT2D eigenvalue weighted by Crippen LogP contribution is -2.25. The number of azide groups is 1. The highest BCUT2D eigenvalue weighted by atomic mass is 79.9. The predicted molar refractivity (Wildman–Crippen MR) is 68.6 cm³/mol. The van der Waals surface area contributed by atoms with Crippen molar-refractivity contribution in [3.05, 3.63) is 38.9 Å². The Hall–Kier alpha value is -1.59. The van der Waals surface area contributed by atoms with Crippen molar-refractivity contribution in [2.45, 2.75) is 6.42 Å². The summed E-state index contributed by atoms with van der Waals surface area (Å²) in [5, 5.41) is 3.48. The van der Waals surface area contributed by atoms with E-state index in [2.05, 4.69) is 26.0 Å². The first kappa shape index (κ1) is 12.9. The topological polar surface area (TPSA) is 69.1 Å². The number of amides is 1. The molecule has 0 radical (unpaired) electrons. The van der Waals surface area contributed by atoms with Gasteiger partial charge in [-0.15, -0.1) is 0 Å². The number of hydrogen-bond donors (Lipinski definition) is 0. The van der Waals surface area contributed by atoms with E-state index in [0.29, 0.717) is 29.7 Å². The summed E-state index contributed by atoms with van der Waals surface area (Å²) >= 11 is 3.24. The zero-order valence-electron chi connectivity index (χ0n) is 9.38. The molecule has 1 heterocycles. The van der Waals surface area contributed by atoms with Gasteiger partial charge in [-0.1, -0.05) is 5.11 Å². The monoisotopic (exact) mass is 312 g/mol. The van der Waals surface area contributed by atoms with Gasteiger partial charge >= 0.3 is 0 Å². The van der Waals surface area contributed by atoms with Gasteiger partial charge in [0.2, 0.25) is 5.91 Å². The Morgan fingerprint density at radius 2 is 2.39 bits per heavy atom. The van der Waals surface area contributed by atoms with Crippen molar-refractivity contribution in [3.63, 3.8) is 0 Å². The number of anilines is 1. The molecular weight excluding hydrogens is 303 g/mol. The number of rotatable bonds is 3. The van der Waals surface area contributed by atoms with Crippen LogP contribution in [0.25, 0.3) is 10.4 Å². The summed E-state index contributed by atoms with van der Waals surface area (Å²) in [5.41, 5.74) is 8.90. The van der Waals surface area contributed by atoms with Gasteiger partial charge in [-0.3, -0.25) is 4.79 Å². The third-order valence-electron chi connectivity index (χ3n) is 2.81. The van der Waals surface area contributed by atoms with Crippen LogP contribution >= 0.6 is 15.9 Å². The van der Waals surface area contributed by atoms with Crippen LogP contribution in [0.5, 0.6) is 0 Å². The second-order valence-electron chi connectivity index (χ2n) is 4.08. The first-order chi connectivity index (χ1) is 8.61. The van der Waals surface area contributed by atoms with E-state index in [9.17, 15) is 9.18 Å². The van der Waals surface area contributed by atoms with Gasteiger partial charge in [0.05, 0.1) is 5.69 Å². The van der Waals surface area contributed by atoms with Crippen molar-refractivity contribution in [1.82, 2.24) is 0 Å². The average molecular weight is 313 g/mol. The average Bonchev–Trinajstić information content (AvgIpc) is 2.68. The Balaban J connectivity index is 2.18. The number of halogens is 2. The summed E-state index contributed by atoms with van der Waals surface area (Å²) in [6.45, 7) is 0.791. The Labute approximate surface area is 111 Å². The van der Waals surface area contributed by atoms with E-state index in [1.165, 1.54) is 12.1 Å². The molecule has 0 bridgehead atoms. The van der Waals surface area contributed by atoms with Crippen molar-refractivity contribution in [1.29, 1.82) is 0 Å². The number of carbonyl (C=O) groups excluding carboxylic acids is 1. The lowest BCUT2D eigenvalue weighted by molar-refractivity contribution is -0.117. The molecule has 7 heteroatoms. The van der Waals surface area contributed by atoms with Crippen molar-refractivity contribution < 1.29 is 9.18 Å². The molecule has 1 aliphatic rings. The minimum Gasteiger partial charge on any atom is -0.311 e. The van der Waals surface area contributed by atoms with Gasteiger partial charge in [0.25, 0.3) is 0 Å². The Bertz CT molecular complexity index is 530. The number of hydrogen-bond acceptors (Lipinski definition) is 2. The van der Waals surface area contributed by atoms with E-state index in [1.807, 2.05) is 0 Å². The smallest absolute Gasteiger partial charge is 0.227 e. The summed E-state index contributed by atoms with van der Waals surface area (Å²) < 4.78 is 13.5. The van der Waals surface area contributed by atoms with Gasteiger partial charge in [0.15, 0.2) is 0 Å². The minimum atomic E-state index is -0.358. The van der Waals surface area contributed by atoms with Crippen LogP contribution in [0, 0.1) is 11.7 Å². The van der Waals surface area contributed by atoms with Gasteiger partial charge in [0, 0.05) is 28.9 Å². The molecule has 1 unspecified atom stereocenters. The van der Waals surface area contributed by atoms with Crippen molar-refractivity contribution in [3.8, 4) is 0 Å². The van der Waals surface area contributed by atoms with Gasteiger partial charge in [-0.2, -0.15) is 0 Å². The van der Waals surface area contributed by atoms with Crippen LogP contribution in [0.4, 0.5) is 10.1 Å². The highest BCUT2D eigenvalue weighted by molar-refractivity contribution is 9.10. The van der Waals surface area contributed by atoms with Gasteiger partial charge in [-0.25, -0.2) is 4.39 Å². The maximum absolute atomic E-state index is 13.0. The summed E-state index contributed by atoms with van der Waals surface area (Å²) in [7, 11) is 0. The maximum Gasteiger partial charge on any atom is 0.227 e. The van der Waals surface area contributed by atoms with E-state index in [1.54, 1.807) is 11.0 Å². The van der Waals surface area contributed by atoms with Crippen molar-refractivity contribution in [2.24, 2.45) is 11.0 Å². The first-order valence-electron chi connectivity index (χ1n) is 5.38. The predicted octanol–water partition coefficient (Wildman–Crippen LogP) is 3.25. The van der Waals surface area contributed by atoms with Crippen LogP contribution < -0.4 is 4.90 Å². The molecule has 1 saturated heterocycles. The SMILES string of the molecule is [N-]=[N+]=NCC1CC(=O)N(c2ccc(F)cc2Br)C1. The van der Waals surface area contributed by atoms with E-state index < -0.39 is 0 Å². The molecule has 1 fully saturated rings. The third-order valence-corrected chi connectivity index (χ3v) is 3.44. The molecule has 0 saturated carbocycles. The second kappa shape index (κ2) is 5.37. The molecule has 0 aromatic heterocycles. The second-order valence-corrected chi connectivity index (χ2v) is 4.94. The molecule has 2 rings (SSSR count). The minimum absolute atomic E-state index is 0.0188. The van der Waals surface area contributed by atoms with Crippen LogP contribution in [0.15, 0.2) is 27.8 Å². The third kappa shape index (κ3) is 2.63. The van der Waals surface area contributed by atoms with E-state index in [0.717, 1.165) is 0 Å². The Morgan fingerprint density at radius 3 is 3.06 bits per heavy atom. The quantitative estimate of drug-likeness (QED) is 0.480. The summed E-state index contributed by atoms with van der Waals surface area (Å²) in [6, 6.07) is 4.20. The highest BCUT2D eigenvalue weighted by Gasteiger charge is 2.31. The van der Waals surface area contributed by atoms with Gasteiger partial charge < -0.3 is 4.90 Å². The summed E-state index contributed by atoms with van der Waals surface area (Å²) in [6.07, 6.45) is 0.350. The van der Waals surface area contributed by atoms with E-state index in [4.69, 9.17) is 5.53 Å². The molecule has 1 aromatic carbocycles. The normalized spacial score (nSPS) is 18.9. The fraction of sp³-hybridized carbons (Fsp3) is 0.364. The van der Waals surface area contributed by atoms with Crippen molar-refractivity contribution >= 4 is 27.5 Å². The largest absolute Gasteiger partial charge is 0.311 e. The molecule has 0 spiro atoms. The maximum atomic E-state index is 13.0. The van der Waals surface area contributed by atoms with Gasteiger partial charge in [0.1, 0.15) is 5.82 Å². The molecule has 0 N–H and O–H groups in total. The van der Waals surface area contributed by atoms with Crippen LogP contribution in [-0.4, -0.2) is 19.0 Å².